The van der Waals surface area contributed by atoms with Crippen LogP contribution in [-0.2, 0) is 0 Å². The summed E-state index contributed by atoms with van der Waals surface area (Å²) < 4.78 is 0. The minimum Gasteiger partial charge on any atom is -0.103 e. The summed E-state index contributed by atoms with van der Waals surface area (Å²) in [5.41, 5.74) is 2.98. The van der Waals surface area contributed by atoms with Crippen LogP contribution < -0.4 is 0 Å². The van der Waals surface area contributed by atoms with Gasteiger partial charge < -0.3 is 0 Å². The Labute approximate surface area is 100 Å². The SMILES string of the molecule is C=CCC1=CC(CCCCC)C(CC=C)=C1. The summed E-state index contributed by atoms with van der Waals surface area (Å²) in [5.74, 6) is 0.666. The third-order valence-corrected chi connectivity index (χ3v) is 3.14. The van der Waals surface area contributed by atoms with Crippen molar-refractivity contribution in [3.05, 3.63) is 48.6 Å². The van der Waals surface area contributed by atoms with Gasteiger partial charge in [-0.05, 0) is 30.8 Å². The van der Waals surface area contributed by atoms with Gasteiger partial charge in [0, 0.05) is 0 Å². The second-order valence-electron chi connectivity index (χ2n) is 4.55. The molecule has 0 aromatic carbocycles. The monoisotopic (exact) mass is 216 g/mol. The van der Waals surface area contributed by atoms with E-state index in [1.807, 2.05) is 12.2 Å². The highest BCUT2D eigenvalue weighted by molar-refractivity contribution is 5.37. The molecule has 0 aromatic heterocycles. The Morgan fingerprint density at radius 3 is 2.56 bits per heavy atom. The molecule has 1 rings (SSSR count). The fourth-order valence-electron chi connectivity index (χ4n) is 2.31. The van der Waals surface area contributed by atoms with Crippen molar-refractivity contribution in [2.24, 2.45) is 5.92 Å². The van der Waals surface area contributed by atoms with E-state index in [0.29, 0.717) is 5.92 Å². The van der Waals surface area contributed by atoms with Gasteiger partial charge in [-0.2, -0.15) is 0 Å². The maximum Gasteiger partial charge on any atom is -0.00110 e. The van der Waals surface area contributed by atoms with E-state index in [0.717, 1.165) is 12.8 Å². The highest BCUT2D eigenvalue weighted by Gasteiger charge is 2.16. The van der Waals surface area contributed by atoms with Crippen LogP contribution in [-0.4, -0.2) is 0 Å². The molecular weight excluding hydrogens is 192 g/mol. The summed E-state index contributed by atoms with van der Waals surface area (Å²) in [6.45, 7) is 9.91. The normalized spacial score (nSPS) is 19.2. The van der Waals surface area contributed by atoms with Crippen LogP contribution >= 0.6 is 0 Å². The van der Waals surface area contributed by atoms with Crippen molar-refractivity contribution in [3.63, 3.8) is 0 Å². The molecule has 1 aliphatic carbocycles. The van der Waals surface area contributed by atoms with Crippen LogP contribution in [0.15, 0.2) is 48.6 Å². The van der Waals surface area contributed by atoms with Gasteiger partial charge in [-0.1, -0.05) is 56.1 Å². The van der Waals surface area contributed by atoms with E-state index in [4.69, 9.17) is 0 Å². The third-order valence-electron chi connectivity index (χ3n) is 3.14. The average molecular weight is 216 g/mol. The van der Waals surface area contributed by atoms with Gasteiger partial charge in [-0.3, -0.25) is 0 Å². The van der Waals surface area contributed by atoms with Gasteiger partial charge in [-0.15, -0.1) is 13.2 Å². The molecule has 0 heteroatoms. The van der Waals surface area contributed by atoms with Gasteiger partial charge >= 0.3 is 0 Å². The molecule has 0 N–H and O–H groups in total. The van der Waals surface area contributed by atoms with Crippen molar-refractivity contribution in [1.29, 1.82) is 0 Å². The van der Waals surface area contributed by atoms with Gasteiger partial charge in [0.15, 0.2) is 0 Å². The van der Waals surface area contributed by atoms with E-state index >= 15 is 0 Å². The van der Waals surface area contributed by atoms with Crippen LogP contribution in [0.1, 0.15) is 45.4 Å². The Hall–Kier alpha value is -1.04. The molecule has 1 unspecified atom stereocenters. The fraction of sp³-hybridized carbons (Fsp3) is 0.500. The number of hydrogen-bond acceptors (Lipinski definition) is 0. The lowest BCUT2D eigenvalue weighted by atomic mass is 9.94. The van der Waals surface area contributed by atoms with Crippen molar-refractivity contribution < 1.29 is 0 Å². The van der Waals surface area contributed by atoms with Crippen LogP contribution in [0.3, 0.4) is 0 Å². The van der Waals surface area contributed by atoms with Gasteiger partial charge in [-0.25, -0.2) is 0 Å². The molecule has 0 heterocycles. The molecule has 0 radical (unpaired) electrons. The average Bonchev–Trinajstić information content (AvgIpc) is 2.63. The molecule has 88 valence electrons. The second-order valence-corrected chi connectivity index (χ2v) is 4.55. The molecule has 0 bridgehead atoms. The van der Waals surface area contributed by atoms with Crippen LogP contribution in [0.25, 0.3) is 0 Å². The van der Waals surface area contributed by atoms with E-state index in [9.17, 15) is 0 Å². The molecule has 0 nitrogen and oxygen atoms in total. The minimum atomic E-state index is 0.666. The molecule has 0 fully saturated rings. The Morgan fingerprint density at radius 1 is 1.19 bits per heavy atom. The van der Waals surface area contributed by atoms with Gasteiger partial charge in [0.1, 0.15) is 0 Å². The number of rotatable bonds is 8. The Balaban J connectivity index is 2.54. The second kappa shape index (κ2) is 7.27. The summed E-state index contributed by atoms with van der Waals surface area (Å²) in [7, 11) is 0. The highest BCUT2D eigenvalue weighted by Crippen LogP contribution is 2.32. The van der Waals surface area contributed by atoms with E-state index in [-0.39, 0.29) is 0 Å². The molecule has 0 spiro atoms. The quantitative estimate of drug-likeness (QED) is 0.386. The standard InChI is InChI=1S/C16H24/c1-4-7-8-11-16-13-14(9-5-2)12-15(16)10-6-3/h5-6,12-13,16H,2-4,7-11H2,1H3. The highest BCUT2D eigenvalue weighted by atomic mass is 14.2. The number of hydrogen-bond donors (Lipinski definition) is 0. The Kier molecular flexibility index (Phi) is 5.92. The molecule has 0 aliphatic heterocycles. The summed E-state index contributed by atoms with van der Waals surface area (Å²) in [6.07, 6.45) is 16.1. The van der Waals surface area contributed by atoms with Crippen LogP contribution in [0.5, 0.6) is 0 Å². The first-order chi connectivity index (χ1) is 7.81. The van der Waals surface area contributed by atoms with E-state index in [1.54, 1.807) is 5.57 Å². The predicted molar refractivity (Wildman–Crippen MR) is 73.4 cm³/mol. The Morgan fingerprint density at radius 2 is 1.94 bits per heavy atom. The zero-order valence-corrected chi connectivity index (χ0v) is 10.5. The fourth-order valence-corrected chi connectivity index (χ4v) is 2.31. The van der Waals surface area contributed by atoms with Crippen molar-refractivity contribution in [1.82, 2.24) is 0 Å². The minimum absolute atomic E-state index is 0.666. The summed E-state index contributed by atoms with van der Waals surface area (Å²) in [5, 5.41) is 0. The lowest BCUT2D eigenvalue weighted by molar-refractivity contribution is 0.591. The van der Waals surface area contributed by atoms with Crippen molar-refractivity contribution in [3.8, 4) is 0 Å². The zero-order valence-electron chi connectivity index (χ0n) is 10.5. The molecule has 0 saturated carbocycles. The molecule has 1 aliphatic rings. The largest absolute Gasteiger partial charge is 0.103 e. The molecule has 0 amide bonds. The smallest absolute Gasteiger partial charge is 0.00110 e. The molecule has 0 aromatic rings. The topological polar surface area (TPSA) is 0 Å². The van der Waals surface area contributed by atoms with Crippen molar-refractivity contribution >= 4 is 0 Å². The van der Waals surface area contributed by atoms with Crippen molar-refractivity contribution in [2.45, 2.75) is 45.4 Å². The van der Waals surface area contributed by atoms with Crippen LogP contribution in [0, 0.1) is 5.92 Å². The number of allylic oxidation sites excluding steroid dienone is 6. The first-order valence-electron chi connectivity index (χ1n) is 6.44. The number of unbranched alkanes of at least 4 members (excludes halogenated alkanes) is 2. The molecular formula is C16H24. The molecule has 0 saturated heterocycles. The first kappa shape index (κ1) is 13.0. The van der Waals surface area contributed by atoms with E-state index < -0.39 is 0 Å². The lowest BCUT2D eigenvalue weighted by Gasteiger charge is -2.11. The summed E-state index contributed by atoms with van der Waals surface area (Å²) in [6, 6.07) is 0. The summed E-state index contributed by atoms with van der Waals surface area (Å²) >= 11 is 0. The zero-order chi connectivity index (χ0) is 11.8. The molecule has 16 heavy (non-hydrogen) atoms. The van der Waals surface area contributed by atoms with E-state index in [1.165, 1.54) is 31.3 Å². The lowest BCUT2D eigenvalue weighted by Crippen LogP contribution is -1.97. The first-order valence-corrected chi connectivity index (χ1v) is 6.44. The maximum absolute atomic E-state index is 3.84. The van der Waals surface area contributed by atoms with Crippen LogP contribution in [0.2, 0.25) is 0 Å². The predicted octanol–water partition coefficient (Wildman–Crippen LogP) is 5.20. The summed E-state index contributed by atoms with van der Waals surface area (Å²) in [4.78, 5) is 0. The maximum atomic E-state index is 3.84. The molecule has 1 atom stereocenters. The Bertz CT molecular complexity index is 291. The van der Waals surface area contributed by atoms with Gasteiger partial charge in [0.05, 0.1) is 0 Å². The van der Waals surface area contributed by atoms with E-state index in [2.05, 4.69) is 32.2 Å². The van der Waals surface area contributed by atoms with Gasteiger partial charge in [0.2, 0.25) is 0 Å². The van der Waals surface area contributed by atoms with Gasteiger partial charge in [0.25, 0.3) is 0 Å². The van der Waals surface area contributed by atoms with Crippen LogP contribution in [0.4, 0.5) is 0 Å². The third kappa shape index (κ3) is 3.84. The van der Waals surface area contributed by atoms with Crippen molar-refractivity contribution in [2.75, 3.05) is 0 Å².